The summed E-state index contributed by atoms with van der Waals surface area (Å²) in [5.74, 6) is 0. The highest BCUT2D eigenvalue weighted by atomic mass is 32.2. The van der Waals surface area contributed by atoms with Gasteiger partial charge in [0, 0.05) is 37.1 Å². The van der Waals surface area contributed by atoms with Crippen LogP contribution in [0.2, 0.25) is 0 Å². The van der Waals surface area contributed by atoms with Gasteiger partial charge in [0.2, 0.25) is 10.0 Å². The Morgan fingerprint density at radius 2 is 2.11 bits per heavy atom. The van der Waals surface area contributed by atoms with E-state index in [9.17, 15) is 8.42 Å². The monoisotopic (exact) mass is 306 g/mol. The van der Waals surface area contributed by atoms with Gasteiger partial charge in [-0.25, -0.2) is 13.1 Å². The van der Waals surface area contributed by atoms with Gasteiger partial charge in [-0.2, -0.15) is 0 Å². The molecule has 2 N–H and O–H groups in total. The molecule has 0 amide bonds. The van der Waals surface area contributed by atoms with Gasteiger partial charge in [-0.3, -0.25) is 0 Å². The summed E-state index contributed by atoms with van der Waals surface area (Å²) in [6, 6.07) is 1.72. The molecule has 1 heterocycles. The van der Waals surface area contributed by atoms with Crippen LogP contribution in [0, 0.1) is 0 Å². The molecule has 0 atom stereocenters. The lowest BCUT2D eigenvalue weighted by Crippen LogP contribution is -2.24. The summed E-state index contributed by atoms with van der Waals surface area (Å²) in [6.45, 7) is 1.89. The first-order chi connectivity index (χ1) is 9.10. The fourth-order valence-electron chi connectivity index (χ4n) is 1.61. The molecular weight excluding hydrogens is 284 g/mol. The lowest BCUT2D eigenvalue weighted by molar-refractivity contribution is 0.192. The quantitative estimate of drug-likeness (QED) is 0.644. The number of hydrogen-bond donors (Lipinski definition) is 2. The maximum atomic E-state index is 12.0. The van der Waals surface area contributed by atoms with E-state index in [0.717, 1.165) is 30.7 Å². The summed E-state index contributed by atoms with van der Waals surface area (Å²) < 4.78 is 31.5. The predicted molar refractivity (Wildman–Crippen MR) is 78.0 cm³/mol. The van der Waals surface area contributed by atoms with E-state index >= 15 is 0 Å². The number of thiophene rings is 1. The molecular formula is C12H22N2O3S2. The van der Waals surface area contributed by atoms with Crippen molar-refractivity contribution in [2.75, 3.05) is 27.3 Å². The number of ether oxygens (including phenoxy) is 1. The van der Waals surface area contributed by atoms with Crippen molar-refractivity contribution in [2.45, 2.75) is 30.7 Å². The van der Waals surface area contributed by atoms with Crippen LogP contribution in [-0.4, -0.2) is 35.7 Å². The van der Waals surface area contributed by atoms with Crippen molar-refractivity contribution in [3.8, 4) is 0 Å². The zero-order chi connectivity index (χ0) is 14.1. The maximum absolute atomic E-state index is 12.0. The highest BCUT2D eigenvalue weighted by Gasteiger charge is 2.15. The highest BCUT2D eigenvalue weighted by molar-refractivity contribution is 7.89. The van der Waals surface area contributed by atoms with Crippen molar-refractivity contribution in [1.82, 2.24) is 10.0 Å². The first-order valence-corrected chi connectivity index (χ1v) is 8.67. The summed E-state index contributed by atoms with van der Waals surface area (Å²) in [7, 11) is 0.159. The van der Waals surface area contributed by atoms with E-state index < -0.39 is 10.0 Å². The number of methoxy groups -OCH3 is 1. The van der Waals surface area contributed by atoms with Crippen molar-refractivity contribution in [3.63, 3.8) is 0 Å². The summed E-state index contributed by atoms with van der Waals surface area (Å²) in [4.78, 5) is 1.38. The molecule has 0 saturated carbocycles. The highest BCUT2D eigenvalue weighted by Crippen LogP contribution is 2.18. The summed E-state index contributed by atoms with van der Waals surface area (Å²) >= 11 is 1.45. The second-order valence-corrected chi connectivity index (χ2v) is 6.99. The molecule has 1 aromatic rings. The van der Waals surface area contributed by atoms with Crippen LogP contribution >= 0.6 is 11.3 Å². The van der Waals surface area contributed by atoms with Gasteiger partial charge >= 0.3 is 0 Å². The third-order valence-corrected chi connectivity index (χ3v) is 5.13. The van der Waals surface area contributed by atoms with Gasteiger partial charge < -0.3 is 10.1 Å². The molecule has 1 rings (SSSR count). The zero-order valence-electron chi connectivity index (χ0n) is 11.4. The van der Waals surface area contributed by atoms with Gasteiger partial charge in [0.25, 0.3) is 0 Å². The number of nitrogens with one attached hydrogen (secondary N) is 2. The van der Waals surface area contributed by atoms with Gasteiger partial charge in [0.1, 0.15) is 0 Å². The first-order valence-electron chi connectivity index (χ1n) is 6.31. The number of hydrogen-bond acceptors (Lipinski definition) is 5. The van der Waals surface area contributed by atoms with Crippen LogP contribution in [0.5, 0.6) is 0 Å². The van der Waals surface area contributed by atoms with Gasteiger partial charge in [-0.05, 0) is 32.4 Å². The van der Waals surface area contributed by atoms with E-state index in [1.54, 1.807) is 18.6 Å². The molecule has 1 aromatic heterocycles. The van der Waals surface area contributed by atoms with E-state index in [1.165, 1.54) is 11.3 Å². The van der Waals surface area contributed by atoms with Crippen LogP contribution in [-0.2, 0) is 21.3 Å². The van der Waals surface area contributed by atoms with Crippen molar-refractivity contribution >= 4 is 21.4 Å². The number of sulfonamides is 1. The van der Waals surface area contributed by atoms with Crippen LogP contribution in [0.25, 0.3) is 0 Å². The molecule has 0 aromatic carbocycles. The van der Waals surface area contributed by atoms with Gasteiger partial charge in [-0.1, -0.05) is 0 Å². The van der Waals surface area contributed by atoms with E-state index in [-0.39, 0.29) is 0 Å². The van der Waals surface area contributed by atoms with E-state index in [1.807, 2.05) is 7.05 Å². The molecule has 0 aliphatic rings. The molecule has 5 nitrogen and oxygen atoms in total. The van der Waals surface area contributed by atoms with E-state index in [0.29, 0.717) is 18.0 Å². The van der Waals surface area contributed by atoms with Gasteiger partial charge in [0.05, 0.1) is 4.90 Å². The molecule has 0 radical (unpaired) electrons. The average Bonchev–Trinajstić information content (AvgIpc) is 2.83. The Hall–Kier alpha value is -0.470. The smallest absolute Gasteiger partial charge is 0.241 e. The maximum Gasteiger partial charge on any atom is 0.241 e. The van der Waals surface area contributed by atoms with Gasteiger partial charge in [-0.15, -0.1) is 11.3 Å². The van der Waals surface area contributed by atoms with Crippen molar-refractivity contribution in [1.29, 1.82) is 0 Å². The largest absolute Gasteiger partial charge is 0.385 e. The Labute approximate surface area is 119 Å². The minimum atomic E-state index is -3.35. The molecule has 0 aliphatic heterocycles. The fraction of sp³-hybridized carbons (Fsp3) is 0.667. The standard InChI is InChI=1S/C12H22N2O3S2/c1-13-9-11-8-12(10-18-11)19(15,16)14-6-4-3-5-7-17-2/h8,10,13-14H,3-7,9H2,1-2H3. The molecule has 19 heavy (non-hydrogen) atoms. The molecule has 0 aliphatic carbocycles. The molecule has 7 heteroatoms. The molecule has 0 spiro atoms. The minimum Gasteiger partial charge on any atom is -0.385 e. The molecule has 0 unspecified atom stereocenters. The SMILES string of the molecule is CNCc1cc(S(=O)(=O)NCCCCCOC)cs1. The Kier molecular flexibility index (Phi) is 7.55. The molecule has 0 bridgehead atoms. The van der Waals surface area contributed by atoms with Crippen LogP contribution < -0.4 is 10.0 Å². The van der Waals surface area contributed by atoms with Crippen LogP contribution in [0.1, 0.15) is 24.1 Å². The second kappa shape index (κ2) is 8.65. The zero-order valence-corrected chi connectivity index (χ0v) is 13.1. The van der Waals surface area contributed by atoms with Crippen molar-refractivity contribution < 1.29 is 13.2 Å². The Balaban J connectivity index is 2.38. The number of unbranched alkanes of at least 4 members (excludes halogenated alkanes) is 2. The van der Waals surface area contributed by atoms with E-state index in [2.05, 4.69) is 10.0 Å². The van der Waals surface area contributed by atoms with Crippen LogP contribution in [0.15, 0.2) is 16.3 Å². The molecule has 0 saturated heterocycles. The summed E-state index contributed by atoms with van der Waals surface area (Å²) in [5, 5.41) is 4.68. The van der Waals surface area contributed by atoms with Crippen molar-refractivity contribution in [3.05, 3.63) is 16.3 Å². The number of rotatable bonds is 10. The summed E-state index contributed by atoms with van der Waals surface area (Å²) in [5.41, 5.74) is 0. The third kappa shape index (κ3) is 6.01. The van der Waals surface area contributed by atoms with E-state index in [4.69, 9.17) is 4.74 Å². The average molecular weight is 306 g/mol. The minimum absolute atomic E-state index is 0.361. The van der Waals surface area contributed by atoms with Crippen LogP contribution in [0.3, 0.4) is 0 Å². The summed E-state index contributed by atoms with van der Waals surface area (Å²) in [6.07, 6.45) is 2.75. The van der Waals surface area contributed by atoms with Crippen molar-refractivity contribution in [2.24, 2.45) is 0 Å². The first kappa shape index (κ1) is 16.6. The molecule has 110 valence electrons. The Morgan fingerprint density at radius 3 is 2.79 bits per heavy atom. The van der Waals surface area contributed by atoms with Gasteiger partial charge in [0.15, 0.2) is 0 Å². The third-order valence-electron chi connectivity index (χ3n) is 2.61. The molecule has 0 fully saturated rings. The normalized spacial score (nSPS) is 11.9. The topological polar surface area (TPSA) is 67.4 Å². The lowest BCUT2D eigenvalue weighted by atomic mass is 10.2. The predicted octanol–water partition coefficient (Wildman–Crippen LogP) is 1.56. The van der Waals surface area contributed by atoms with Crippen LogP contribution in [0.4, 0.5) is 0 Å². The Bertz CT molecular complexity index is 457. The fourth-order valence-corrected chi connectivity index (χ4v) is 3.97. The Morgan fingerprint density at radius 1 is 1.32 bits per heavy atom. The lowest BCUT2D eigenvalue weighted by Gasteiger charge is -2.04. The second-order valence-electron chi connectivity index (χ2n) is 4.23.